The fourth-order valence-electron chi connectivity index (χ4n) is 4.22. The van der Waals surface area contributed by atoms with Gasteiger partial charge in [0.15, 0.2) is 0 Å². The number of aryl methyl sites for hydroxylation is 1. The number of rotatable bonds is 6. The van der Waals surface area contributed by atoms with Crippen molar-refractivity contribution in [2.24, 2.45) is 0 Å². The van der Waals surface area contributed by atoms with Crippen molar-refractivity contribution in [1.29, 1.82) is 0 Å². The fraction of sp³-hybridized carbons (Fsp3) is 0.179. The normalized spacial score (nSPS) is 10.6. The summed E-state index contributed by atoms with van der Waals surface area (Å²) in [4.78, 5) is 19.8. The van der Waals surface area contributed by atoms with Crippen LogP contribution in [0.5, 0.6) is 0 Å². The van der Waals surface area contributed by atoms with Crippen LogP contribution in [-0.2, 0) is 13.1 Å². The molecule has 1 amide bonds. The molecule has 2 heterocycles. The van der Waals surface area contributed by atoms with Gasteiger partial charge in [-0.3, -0.25) is 4.79 Å². The van der Waals surface area contributed by atoms with E-state index in [-0.39, 0.29) is 18.1 Å². The van der Waals surface area contributed by atoms with Crippen LogP contribution in [0.3, 0.4) is 0 Å². The Morgan fingerprint density at radius 3 is 2.39 bits per heavy atom. The number of hydrogen-bond donors (Lipinski definition) is 1. The van der Waals surface area contributed by atoms with Crippen LogP contribution in [0.4, 0.5) is 20.2 Å². The van der Waals surface area contributed by atoms with Crippen LogP contribution < -0.4 is 5.32 Å². The van der Waals surface area contributed by atoms with Crippen LogP contribution in [-0.4, -0.2) is 10.5 Å². The van der Waals surface area contributed by atoms with E-state index in [1.807, 2.05) is 29.9 Å². The Morgan fingerprint density at radius 1 is 1.00 bits per heavy atom. The van der Waals surface area contributed by atoms with Crippen LogP contribution in [0.15, 0.2) is 47.8 Å². The largest absolute Gasteiger partial charge is 0.355 e. The maximum absolute atomic E-state index is 14.9. The molecule has 0 aliphatic rings. The lowest BCUT2D eigenvalue weighted by Crippen LogP contribution is -2.23. The first-order valence-electron chi connectivity index (χ1n) is 11.1. The Hall–Kier alpha value is -4.27. The quantitative estimate of drug-likeness (QED) is 0.274. The minimum atomic E-state index is -0.637. The summed E-state index contributed by atoms with van der Waals surface area (Å²) < 4.78 is 31.1. The molecule has 0 saturated carbocycles. The smallest absolute Gasteiger partial charge is 0.261 e. The SMILES string of the molecule is [C-]#[N+]c1ccc(-c2c([N+]#[C-])c(C)n(Cc3ccc(CNC(=O)c4sccc4C)c(F)c3)c2C)cc1F. The summed E-state index contributed by atoms with van der Waals surface area (Å²) in [7, 11) is 0. The van der Waals surface area contributed by atoms with Gasteiger partial charge in [-0.25, -0.2) is 18.5 Å². The molecule has 36 heavy (non-hydrogen) atoms. The zero-order valence-corrected chi connectivity index (χ0v) is 20.8. The molecule has 2 aromatic carbocycles. The van der Waals surface area contributed by atoms with Gasteiger partial charge in [0.05, 0.1) is 18.0 Å². The number of thiophene rings is 1. The van der Waals surface area contributed by atoms with Gasteiger partial charge in [-0.2, -0.15) is 0 Å². The summed E-state index contributed by atoms with van der Waals surface area (Å²) in [6, 6.07) is 11.1. The molecule has 0 unspecified atom stereocenters. The predicted molar refractivity (Wildman–Crippen MR) is 138 cm³/mol. The van der Waals surface area contributed by atoms with Gasteiger partial charge in [0.2, 0.25) is 11.4 Å². The van der Waals surface area contributed by atoms with E-state index in [1.54, 1.807) is 25.1 Å². The zero-order chi connectivity index (χ0) is 26.0. The number of carbonyl (C=O) groups excluding carboxylic acids is 1. The van der Waals surface area contributed by atoms with E-state index >= 15 is 0 Å². The average Bonchev–Trinajstić information content (AvgIpc) is 3.39. The van der Waals surface area contributed by atoms with Gasteiger partial charge in [0.1, 0.15) is 11.6 Å². The first-order chi connectivity index (χ1) is 17.2. The Kier molecular flexibility index (Phi) is 7.00. The molecular weight excluding hydrogens is 478 g/mol. The van der Waals surface area contributed by atoms with Crippen molar-refractivity contribution in [3.8, 4) is 11.1 Å². The molecule has 0 aliphatic heterocycles. The number of hydrogen-bond acceptors (Lipinski definition) is 2. The van der Waals surface area contributed by atoms with Crippen molar-refractivity contribution in [3.63, 3.8) is 0 Å². The summed E-state index contributed by atoms with van der Waals surface area (Å²) in [5.41, 5.74) is 4.82. The van der Waals surface area contributed by atoms with Crippen molar-refractivity contribution < 1.29 is 13.6 Å². The van der Waals surface area contributed by atoms with E-state index in [0.29, 0.717) is 45.1 Å². The van der Waals surface area contributed by atoms with Gasteiger partial charge in [-0.15, -0.1) is 11.3 Å². The summed E-state index contributed by atoms with van der Waals surface area (Å²) in [5, 5.41) is 4.61. The first kappa shape index (κ1) is 24.8. The maximum Gasteiger partial charge on any atom is 0.261 e. The lowest BCUT2D eigenvalue weighted by Gasteiger charge is -2.13. The van der Waals surface area contributed by atoms with E-state index in [1.165, 1.54) is 29.5 Å². The topological polar surface area (TPSA) is 42.8 Å². The average molecular weight is 501 g/mol. The number of halogens is 2. The third-order valence-corrected chi connectivity index (χ3v) is 7.20. The Labute approximate surface area is 212 Å². The van der Waals surface area contributed by atoms with Crippen LogP contribution in [0, 0.1) is 45.5 Å². The van der Waals surface area contributed by atoms with Crippen molar-refractivity contribution in [1.82, 2.24) is 9.88 Å². The summed E-state index contributed by atoms with van der Waals surface area (Å²) in [6.07, 6.45) is 0. The summed E-state index contributed by atoms with van der Waals surface area (Å²) in [6.45, 7) is 20.6. The van der Waals surface area contributed by atoms with Crippen molar-refractivity contribution in [3.05, 3.63) is 115 Å². The van der Waals surface area contributed by atoms with Gasteiger partial charge in [-0.1, -0.05) is 24.3 Å². The zero-order valence-electron chi connectivity index (χ0n) is 19.9. The molecule has 0 spiro atoms. The van der Waals surface area contributed by atoms with Crippen LogP contribution in [0.1, 0.15) is 37.7 Å². The molecule has 0 bridgehead atoms. The number of nitrogens with one attached hydrogen (secondary N) is 1. The van der Waals surface area contributed by atoms with Gasteiger partial charge >= 0.3 is 0 Å². The number of aromatic nitrogens is 1. The second-order valence-electron chi connectivity index (χ2n) is 8.41. The first-order valence-corrected chi connectivity index (χ1v) is 12.0. The molecule has 0 saturated heterocycles. The highest BCUT2D eigenvalue weighted by molar-refractivity contribution is 7.12. The third kappa shape index (κ3) is 4.64. The molecule has 2 aromatic heterocycles. The number of carbonyl (C=O) groups is 1. The number of amides is 1. The second-order valence-corrected chi connectivity index (χ2v) is 9.33. The Morgan fingerprint density at radius 2 is 1.78 bits per heavy atom. The number of benzene rings is 2. The minimum Gasteiger partial charge on any atom is -0.355 e. The van der Waals surface area contributed by atoms with E-state index in [9.17, 15) is 13.6 Å². The molecule has 4 rings (SSSR count). The lowest BCUT2D eigenvalue weighted by molar-refractivity contribution is 0.0954. The second kappa shape index (κ2) is 10.2. The highest BCUT2D eigenvalue weighted by atomic mass is 32.1. The van der Waals surface area contributed by atoms with Crippen LogP contribution >= 0.6 is 11.3 Å². The minimum absolute atomic E-state index is 0.0715. The van der Waals surface area contributed by atoms with Gasteiger partial charge in [0.25, 0.3) is 5.91 Å². The van der Waals surface area contributed by atoms with E-state index in [2.05, 4.69) is 15.0 Å². The molecule has 0 radical (unpaired) electrons. The lowest BCUT2D eigenvalue weighted by atomic mass is 10.0. The third-order valence-electron chi connectivity index (χ3n) is 6.19. The van der Waals surface area contributed by atoms with E-state index in [0.717, 1.165) is 11.3 Å². The Balaban J connectivity index is 1.58. The molecular formula is C28H22F2N4OS. The van der Waals surface area contributed by atoms with Crippen molar-refractivity contribution in [2.45, 2.75) is 33.9 Å². The molecule has 8 heteroatoms. The highest BCUT2D eigenvalue weighted by Crippen LogP contribution is 2.40. The molecule has 0 aliphatic carbocycles. The van der Waals surface area contributed by atoms with E-state index in [4.69, 9.17) is 13.1 Å². The predicted octanol–water partition coefficient (Wildman–Crippen LogP) is 7.50. The highest BCUT2D eigenvalue weighted by Gasteiger charge is 2.21. The summed E-state index contributed by atoms with van der Waals surface area (Å²) in [5.74, 6) is -1.30. The van der Waals surface area contributed by atoms with E-state index < -0.39 is 11.6 Å². The molecule has 0 fully saturated rings. The standard InChI is InChI=1S/C28H22F2N4OS/c1-16-10-11-36-27(16)28(35)33-14-21-7-6-19(12-22(21)29)15-34-17(2)25(26(32-5)18(34)3)20-8-9-24(31-4)23(30)13-20/h6-13H,14-15H2,1-3H3,(H,33,35). The van der Waals surface area contributed by atoms with Gasteiger partial charge in [-0.05, 0) is 61.0 Å². The molecule has 1 N–H and O–H groups in total. The molecule has 0 atom stereocenters. The van der Waals surface area contributed by atoms with Crippen molar-refractivity contribution in [2.75, 3.05) is 0 Å². The number of nitrogens with zero attached hydrogens (tertiary/aromatic N) is 3. The Bertz CT molecular complexity index is 1570. The van der Waals surface area contributed by atoms with Gasteiger partial charge < -0.3 is 9.88 Å². The molecule has 180 valence electrons. The van der Waals surface area contributed by atoms with Crippen molar-refractivity contribution >= 4 is 28.6 Å². The monoisotopic (exact) mass is 500 g/mol. The summed E-state index contributed by atoms with van der Waals surface area (Å²) >= 11 is 1.35. The van der Waals surface area contributed by atoms with Crippen LogP contribution in [0.25, 0.3) is 20.8 Å². The molecule has 4 aromatic rings. The van der Waals surface area contributed by atoms with Gasteiger partial charge in [0, 0.05) is 35.6 Å². The van der Waals surface area contributed by atoms with Crippen LogP contribution in [0.2, 0.25) is 0 Å². The molecule has 5 nitrogen and oxygen atoms in total. The fourth-order valence-corrected chi connectivity index (χ4v) is 5.06. The maximum atomic E-state index is 14.9.